The van der Waals surface area contributed by atoms with Gasteiger partial charge in [-0.15, -0.1) is 11.3 Å². The molecule has 0 aliphatic carbocycles. The summed E-state index contributed by atoms with van der Waals surface area (Å²) in [4.78, 5) is 2.39. The fourth-order valence-corrected chi connectivity index (χ4v) is 4.20. The molecule has 110 valence electrons. The molecule has 1 rings (SSSR count). The van der Waals surface area contributed by atoms with E-state index in [9.17, 15) is 8.42 Å². The average molecular weight is 304 g/mol. The van der Waals surface area contributed by atoms with E-state index in [2.05, 4.69) is 23.0 Å². The van der Waals surface area contributed by atoms with Crippen LogP contribution in [-0.4, -0.2) is 27.3 Å². The predicted molar refractivity (Wildman–Crippen MR) is 82.3 cm³/mol. The lowest BCUT2D eigenvalue weighted by Gasteiger charge is -2.14. The molecule has 0 aliphatic heterocycles. The molecule has 1 unspecified atom stereocenters. The number of nitrogens with one attached hydrogen (secondary N) is 2. The molecule has 1 atom stereocenters. The minimum Gasteiger partial charge on any atom is -0.316 e. The molecule has 0 fully saturated rings. The lowest BCUT2D eigenvalue weighted by atomic mass is 10.1. The van der Waals surface area contributed by atoms with Gasteiger partial charge < -0.3 is 5.32 Å². The second-order valence-electron chi connectivity index (χ2n) is 4.78. The summed E-state index contributed by atoms with van der Waals surface area (Å²) in [6.07, 6.45) is 1.01. The van der Waals surface area contributed by atoms with Crippen LogP contribution in [-0.2, 0) is 10.0 Å². The van der Waals surface area contributed by atoms with Crippen LogP contribution in [0.2, 0.25) is 0 Å². The highest BCUT2D eigenvalue weighted by molar-refractivity contribution is 7.89. The van der Waals surface area contributed by atoms with Gasteiger partial charge in [0, 0.05) is 22.3 Å². The van der Waals surface area contributed by atoms with Crippen molar-refractivity contribution in [1.82, 2.24) is 10.0 Å². The number of thiophene rings is 1. The van der Waals surface area contributed by atoms with Crippen molar-refractivity contribution in [2.45, 2.75) is 40.2 Å². The van der Waals surface area contributed by atoms with Crippen molar-refractivity contribution in [3.8, 4) is 0 Å². The van der Waals surface area contributed by atoms with Crippen LogP contribution >= 0.6 is 11.3 Å². The monoisotopic (exact) mass is 304 g/mol. The summed E-state index contributed by atoms with van der Waals surface area (Å²) in [5, 5.41) is 3.10. The van der Waals surface area contributed by atoms with E-state index in [1.807, 2.05) is 20.8 Å². The van der Waals surface area contributed by atoms with Crippen molar-refractivity contribution in [2.75, 3.05) is 18.8 Å². The number of sulfonamides is 1. The molecule has 1 heterocycles. The Morgan fingerprint density at radius 2 is 2.00 bits per heavy atom. The smallest absolute Gasteiger partial charge is 0.213 e. The molecule has 0 aliphatic rings. The number of rotatable bonds is 8. The average Bonchev–Trinajstić information content (AvgIpc) is 2.63. The Morgan fingerprint density at radius 3 is 2.53 bits per heavy atom. The number of hydrogen-bond acceptors (Lipinski definition) is 4. The molecular formula is C13H24N2O2S2. The first-order valence-electron chi connectivity index (χ1n) is 6.63. The maximum Gasteiger partial charge on any atom is 0.213 e. The van der Waals surface area contributed by atoms with Crippen LogP contribution in [0.15, 0.2) is 6.07 Å². The molecule has 0 aromatic carbocycles. The van der Waals surface area contributed by atoms with Gasteiger partial charge in [0.2, 0.25) is 10.0 Å². The van der Waals surface area contributed by atoms with Gasteiger partial charge in [0.1, 0.15) is 0 Å². The molecule has 1 aromatic heterocycles. The van der Waals surface area contributed by atoms with E-state index < -0.39 is 10.0 Å². The van der Waals surface area contributed by atoms with E-state index in [4.69, 9.17) is 0 Å². The summed E-state index contributed by atoms with van der Waals surface area (Å²) in [5.74, 6) is 0.125. The molecule has 6 heteroatoms. The van der Waals surface area contributed by atoms with E-state index in [-0.39, 0.29) is 11.8 Å². The number of aryl methyl sites for hydroxylation is 2. The molecular weight excluding hydrogens is 280 g/mol. The summed E-state index contributed by atoms with van der Waals surface area (Å²) in [7, 11) is -3.22. The minimum absolute atomic E-state index is 0.125. The quantitative estimate of drug-likeness (QED) is 0.725. The Bertz CT molecular complexity index is 495. The largest absolute Gasteiger partial charge is 0.316 e. The van der Waals surface area contributed by atoms with Crippen LogP contribution < -0.4 is 10.0 Å². The molecule has 0 saturated carbocycles. The standard InChI is InChI=1S/C13H24N2O2S2/c1-5-6-14-7-8-19(16,17)15-11(3)13-9-10(2)18-12(13)4/h9,11,14-15H,5-8H2,1-4H3. The molecule has 0 bridgehead atoms. The summed E-state index contributed by atoms with van der Waals surface area (Å²) in [5.41, 5.74) is 1.08. The SMILES string of the molecule is CCCNCCS(=O)(=O)NC(C)c1cc(C)sc1C. The zero-order valence-electron chi connectivity index (χ0n) is 12.1. The Kier molecular flexibility index (Phi) is 6.46. The van der Waals surface area contributed by atoms with Crippen molar-refractivity contribution in [2.24, 2.45) is 0 Å². The van der Waals surface area contributed by atoms with Crippen molar-refractivity contribution >= 4 is 21.4 Å². The normalized spacial score (nSPS) is 13.7. The molecule has 0 saturated heterocycles. The summed E-state index contributed by atoms with van der Waals surface area (Å²) in [6, 6.07) is 1.89. The highest BCUT2D eigenvalue weighted by Crippen LogP contribution is 2.26. The van der Waals surface area contributed by atoms with Gasteiger partial charge in [-0.05, 0) is 45.4 Å². The fourth-order valence-electron chi connectivity index (χ4n) is 1.98. The van der Waals surface area contributed by atoms with Gasteiger partial charge in [0.15, 0.2) is 0 Å². The van der Waals surface area contributed by atoms with E-state index >= 15 is 0 Å². The maximum atomic E-state index is 11.9. The van der Waals surface area contributed by atoms with Crippen molar-refractivity contribution in [3.63, 3.8) is 0 Å². The molecule has 0 spiro atoms. The second kappa shape index (κ2) is 7.38. The topological polar surface area (TPSA) is 58.2 Å². The maximum absolute atomic E-state index is 11.9. The first kappa shape index (κ1) is 16.6. The lowest BCUT2D eigenvalue weighted by Crippen LogP contribution is -2.33. The van der Waals surface area contributed by atoms with Crippen molar-refractivity contribution in [1.29, 1.82) is 0 Å². The molecule has 4 nitrogen and oxygen atoms in total. The van der Waals surface area contributed by atoms with E-state index in [1.165, 1.54) is 9.75 Å². The first-order valence-corrected chi connectivity index (χ1v) is 9.10. The van der Waals surface area contributed by atoms with Crippen molar-refractivity contribution < 1.29 is 8.42 Å². The molecule has 1 aromatic rings. The molecule has 0 amide bonds. The highest BCUT2D eigenvalue weighted by atomic mass is 32.2. The van der Waals surface area contributed by atoms with Gasteiger partial charge >= 0.3 is 0 Å². The van der Waals surface area contributed by atoms with Gasteiger partial charge in [-0.2, -0.15) is 0 Å². The zero-order chi connectivity index (χ0) is 14.5. The van der Waals surface area contributed by atoms with Crippen LogP contribution in [0.1, 0.15) is 41.6 Å². The second-order valence-corrected chi connectivity index (χ2v) is 8.11. The van der Waals surface area contributed by atoms with Gasteiger partial charge in [-0.3, -0.25) is 0 Å². The fraction of sp³-hybridized carbons (Fsp3) is 0.692. The summed E-state index contributed by atoms with van der Waals surface area (Å²) >= 11 is 1.70. The highest BCUT2D eigenvalue weighted by Gasteiger charge is 2.18. The third-order valence-corrected chi connectivity index (χ3v) is 5.31. The van der Waals surface area contributed by atoms with Gasteiger partial charge in [0.25, 0.3) is 0 Å². The van der Waals surface area contributed by atoms with Crippen LogP contribution in [0.4, 0.5) is 0 Å². The van der Waals surface area contributed by atoms with Gasteiger partial charge in [-0.1, -0.05) is 6.92 Å². The van der Waals surface area contributed by atoms with Gasteiger partial charge in [0.05, 0.1) is 5.75 Å². The molecule has 0 radical (unpaired) electrons. The van der Waals surface area contributed by atoms with Crippen LogP contribution in [0.25, 0.3) is 0 Å². The Labute approximate surface area is 120 Å². The van der Waals surface area contributed by atoms with E-state index in [1.54, 1.807) is 11.3 Å². The van der Waals surface area contributed by atoms with Crippen LogP contribution in [0.3, 0.4) is 0 Å². The van der Waals surface area contributed by atoms with Crippen LogP contribution in [0, 0.1) is 13.8 Å². The summed E-state index contributed by atoms with van der Waals surface area (Å²) in [6.45, 7) is 9.37. The third kappa shape index (κ3) is 5.60. The third-order valence-electron chi connectivity index (χ3n) is 2.88. The first-order chi connectivity index (χ1) is 8.85. The lowest BCUT2D eigenvalue weighted by molar-refractivity contribution is 0.562. The van der Waals surface area contributed by atoms with E-state index in [0.717, 1.165) is 18.5 Å². The van der Waals surface area contributed by atoms with Gasteiger partial charge in [-0.25, -0.2) is 13.1 Å². The van der Waals surface area contributed by atoms with Crippen LogP contribution in [0.5, 0.6) is 0 Å². The summed E-state index contributed by atoms with van der Waals surface area (Å²) < 4.78 is 26.6. The Balaban J connectivity index is 2.55. The molecule has 19 heavy (non-hydrogen) atoms. The minimum atomic E-state index is -3.22. The zero-order valence-corrected chi connectivity index (χ0v) is 13.7. The number of hydrogen-bond donors (Lipinski definition) is 2. The Morgan fingerprint density at radius 1 is 1.32 bits per heavy atom. The molecule has 2 N–H and O–H groups in total. The van der Waals surface area contributed by atoms with Crippen molar-refractivity contribution in [3.05, 3.63) is 21.4 Å². The Hall–Kier alpha value is -0.430. The van der Waals surface area contributed by atoms with E-state index in [0.29, 0.717) is 6.54 Å². The predicted octanol–water partition coefficient (Wildman–Crippen LogP) is 2.34.